The first-order valence-electron chi connectivity index (χ1n) is 6.86. The molecule has 102 valence electrons. The Hall–Kier alpha value is -2.88. The first-order chi connectivity index (χ1) is 10.3. The molecule has 0 amide bonds. The van der Waals surface area contributed by atoms with Crippen molar-refractivity contribution in [3.63, 3.8) is 0 Å². The molecule has 1 heterocycles. The Morgan fingerprint density at radius 2 is 1.62 bits per heavy atom. The van der Waals surface area contributed by atoms with E-state index in [1.165, 1.54) is 10.8 Å². The molecule has 0 aliphatic carbocycles. The number of benzene rings is 3. The Labute approximate surface area is 122 Å². The molecule has 4 heteroatoms. The van der Waals surface area contributed by atoms with E-state index in [4.69, 9.17) is 0 Å². The Balaban J connectivity index is 1.83. The Morgan fingerprint density at radius 1 is 0.857 bits per heavy atom. The SMILES string of the molecule is CN(c1ccc2ccccc2c1)n1nnc2ccccc21. The van der Waals surface area contributed by atoms with Gasteiger partial charge in [0.15, 0.2) is 0 Å². The highest BCUT2D eigenvalue weighted by atomic mass is 15.7. The van der Waals surface area contributed by atoms with Crippen LogP contribution in [0.25, 0.3) is 21.8 Å². The summed E-state index contributed by atoms with van der Waals surface area (Å²) < 4.78 is 0. The van der Waals surface area contributed by atoms with Gasteiger partial charge in [0, 0.05) is 7.05 Å². The predicted octanol–water partition coefficient (Wildman–Crippen LogP) is 3.48. The molecule has 0 spiro atoms. The molecule has 4 aromatic rings. The molecule has 0 saturated heterocycles. The molecule has 4 nitrogen and oxygen atoms in total. The molecule has 0 aliphatic rings. The first-order valence-corrected chi connectivity index (χ1v) is 6.86. The highest BCUT2D eigenvalue weighted by Crippen LogP contribution is 2.22. The number of nitrogens with zero attached hydrogens (tertiary/aromatic N) is 4. The average molecular weight is 274 g/mol. The van der Waals surface area contributed by atoms with Crippen LogP contribution >= 0.6 is 0 Å². The highest BCUT2D eigenvalue weighted by molar-refractivity contribution is 5.86. The van der Waals surface area contributed by atoms with Crippen LogP contribution in [0.3, 0.4) is 0 Å². The third-order valence-electron chi connectivity index (χ3n) is 3.73. The van der Waals surface area contributed by atoms with Crippen molar-refractivity contribution in [2.75, 3.05) is 12.1 Å². The number of hydrogen-bond donors (Lipinski definition) is 0. The van der Waals surface area contributed by atoms with Gasteiger partial charge >= 0.3 is 0 Å². The summed E-state index contributed by atoms with van der Waals surface area (Å²) in [6.07, 6.45) is 0. The summed E-state index contributed by atoms with van der Waals surface area (Å²) in [7, 11) is 1.99. The molecule has 0 fully saturated rings. The van der Waals surface area contributed by atoms with Crippen LogP contribution in [-0.4, -0.2) is 22.2 Å². The first kappa shape index (κ1) is 11.9. The molecule has 4 rings (SSSR count). The van der Waals surface area contributed by atoms with Crippen molar-refractivity contribution >= 4 is 27.5 Å². The van der Waals surface area contributed by atoms with Crippen LogP contribution in [0.15, 0.2) is 66.7 Å². The fourth-order valence-corrected chi connectivity index (χ4v) is 2.57. The lowest BCUT2D eigenvalue weighted by Gasteiger charge is -2.19. The molecule has 3 aromatic carbocycles. The van der Waals surface area contributed by atoms with E-state index < -0.39 is 0 Å². The van der Waals surface area contributed by atoms with Gasteiger partial charge in [-0.2, -0.15) is 4.79 Å². The zero-order valence-corrected chi connectivity index (χ0v) is 11.6. The van der Waals surface area contributed by atoms with E-state index in [1.54, 1.807) is 0 Å². The molecule has 0 atom stereocenters. The van der Waals surface area contributed by atoms with Crippen molar-refractivity contribution in [1.29, 1.82) is 0 Å². The number of fused-ring (bicyclic) bond motifs is 2. The van der Waals surface area contributed by atoms with Gasteiger partial charge in [-0.25, -0.2) is 0 Å². The van der Waals surface area contributed by atoms with Crippen molar-refractivity contribution in [2.24, 2.45) is 0 Å². The van der Waals surface area contributed by atoms with E-state index in [0.29, 0.717) is 0 Å². The maximum Gasteiger partial charge on any atom is 0.115 e. The summed E-state index contributed by atoms with van der Waals surface area (Å²) in [5.41, 5.74) is 2.96. The fraction of sp³-hybridized carbons (Fsp3) is 0.0588. The maximum absolute atomic E-state index is 4.24. The third kappa shape index (κ3) is 1.92. The average Bonchev–Trinajstić information content (AvgIpc) is 2.98. The number of rotatable bonds is 2. The highest BCUT2D eigenvalue weighted by Gasteiger charge is 2.09. The monoisotopic (exact) mass is 274 g/mol. The molecule has 0 unspecified atom stereocenters. The topological polar surface area (TPSA) is 34.0 Å². The van der Waals surface area contributed by atoms with Crippen LogP contribution in [0, 0.1) is 0 Å². The minimum atomic E-state index is 0.894. The minimum absolute atomic E-state index is 0.894. The molecule has 1 aromatic heterocycles. The van der Waals surface area contributed by atoms with Crippen LogP contribution in [0.1, 0.15) is 0 Å². The van der Waals surface area contributed by atoms with Crippen molar-refractivity contribution < 1.29 is 0 Å². The Bertz CT molecular complexity index is 926. The molecule has 0 saturated carbocycles. The molecular weight excluding hydrogens is 260 g/mol. The van der Waals surface area contributed by atoms with Gasteiger partial charge in [-0.3, -0.25) is 5.01 Å². The third-order valence-corrected chi connectivity index (χ3v) is 3.73. The van der Waals surface area contributed by atoms with E-state index in [-0.39, 0.29) is 0 Å². The van der Waals surface area contributed by atoms with Gasteiger partial charge in [-0.15, -0.1) is 5.10 Å². The van der Waals surface area contributed by atoms with Crippen molar-refractivity contribution in [1.82, 2.24) is 15.1 Å². The number of hydrogen-bond acceptors (Lipinski definition) is 3. The Morgan fingerprint density at radius 3 is 2.52 bits per heavy atom. The normalized spacial score (nSPS) is 11.1. The second kappa shape index (κ2) is 4.59. The van der Waals surface area contributed by atoms with E-state index >= 15 is 0 Å². The number of anilines is 1. The molecule has 21 heavy (non-hydrogen) atoms. The van der Waals surface area contributed by atoms with Crippen LogP contribution in [-0.2, 0) is 0 Å². The van der Waals surface area contributed by atoms with Gasteiger partial charge in [0.05, 0.1) is 5.69 Å². The maximum atomic E-state index is 4.24. The van der Waals surface area contributed by atoms with Crippen molar-refractivity contribution in [3.05, 3.63) is 66.7 Å². The summed E-state index contributed by atoms with van der Waals surface area (Å²) in [4.78, 5) is 1.82. The van der Waals surface area contributed by atoms with Crippen LogP contribution in [0.4, 0.5) is 5.69 Å². The molecular formula is C17H14N4. The summed E-state index contributed by atoms with van der Waals surface area (Å²) in [6, 6.07) is 22.7. The summed E-state index contributed by atoms with van der Waals surface area (Å²) >= 11 is 0. The van der Waals surface area contributed by atoms with E-state index in [1.807, 2.05) is 41.1 Å². The van der Waals surface area contributed by atoms with Crippen molar-refractivity contribution in [2.45, 2.75) is 0 Å². The predicted molar refractivity (Wildman–Crippen MR) is 85.3 cm³/mol. The lowest BCUT2D eigenvalue weighted by atomic mass is 10.1. The quantitative estimate of drug-likeness (QED) is 0.561. The number of aromatic nitrogens is 3. The summed E-state index contributed by atoms with van der Waals surface area (Å²) in [6.45, 7) is 0. The zero-order valence-electron chi connectivity index (χ0n) is 11.6. The van der Waals surface area contributed by atoms with Gasteiger partial charge in [0.25, 0.3) is 0 Å². The van der Waals surface area contributed by atoms with Gasteiger partial charge in [0.1, 0.15) is 11.0 Å². The molecule has 0 bridgehead atoms. The van der Waals surface area contributed by atoms with Crippen LogP contribution < -0.4 is 5.01 Å². The molecule has 0 radical (unpaired) electrons. The fourth-order valence-electron chi connectivity index (χ4n) is 2.57. The van der Waals surface area contributed by atoms with Crippen molar-refractivity contribution in [3.8, 4) is 0 Å². The smallest absolute Gasteiger partial charge is 0.115 e. The second-order valence-electron chi connectivity index (χ2n) is 5.02. The van der Waals surface area contributed by atoms with E-state index in [9.17, 15) is 0 Å². The lowest BCUT2D eigenvalue weighted by Crippen LogP contribution is -2.25. The lowest BCUT2D eigenvalue weighted by molar-refractivity contribution is 0.657. The second-order valence-corrected chi connectivity index (χ2v) is 5.02. The van der Waals surface area contributed by atoms with Gasteiger partial charge in [-0.05, 0) is 40.3 Å². The Kier molecular flexibility index (Phi) is 2.60. The number of para-hydroxylation sites is 1. The molecule has 0 N–H and O–H groups in total. The minimum Gasteiger partial charge on any atom is -0.267 e. The van der Waals surface area contributed by atoms with Gasteiger partial charge in [-0.1, -0.05) is 42.5 Å². The molecule has 0 aliphatic heterocycles. The largest absolute Gasteiger partial charge is 0.267 e. The summed E-state index contributed by atoms with van der Waals surface area (Å²) in [5, 5.41) is 12.9. The zero-order chi connectivity index (χ0) is 14.2. The van der Waals surface area contributed by atoms with E-state index in [2.05, 4.69) is 52.8 Å². The van der Waals surface area contributed by atoms with Crippen LogP contribution in [0.2, 0.25) is 0 Å². The van der Waals surface area contributed by atoms with E-state index in [0.717, 1.165) is 16.7 Å². The standard InChI is InChI=1S/C17H14N4/c1-20(21-17-9-5-4-8-16(17)18-19-21)15-11-10-13-6-2-3-7-14(13)12-15/h2-12H,1H3. The summed E-state index contributed by atoms with van der Waals surface area (Å²) in [5.74, 6) is 0. The van der Waals surface area contributed by atoms with Crippen LogP contribution in [0.5, 0.6) is 0 Å². The van der Waals surface area contributed by atoms with Gasteiger partial charge in [0.2, 0.25) is 0 Å². The van der Waals surface area contributed by atoms with Gasteiger partial charge < -0.3 is 0 Å².